The van der Waals surface area contributed by atoms with Crippen LogP contribution in [0.25, 0.3) is 5.69 Å². The molecule has 0 aliphatic carbocycles. The van der Waals surface area contributed by atoms with Crippen LogP contribution in [0.15, 0.2) is 54.6 Å². The summed E-state index contributed by atoms with van der Waals surface area (Å²) in [5.41, 5.74) is 14.2. The highest BCUT2D eigenvalue weighted by atomic mass is 35.5. The van der Waals surface area contributed by atoms with Crippen molar-refractivity contribution in [1.29, 1.82) is 10.5 Å². The summed E-state index contributed by atoms with van der Waals surface area (Å²) in [5.74, 6) is 6.48. The number of nitrogens with one attached hydrogen (secondary N) is 1. The average molecular weight is 754 g/mol. The van der Waals surface area contributed by atoms with E-state index in [9.17, 15) is 9.59 Å². The number of nitrogens with zero attached hydrogens (tertiary/aromatic N) is 4. The van der Waals surface area contributed by atoms with Crippen LogP contribution in [-0.2, 0) is 28.5 Å². The van der Waals surface area contributed by atoms with Gasteiger partial charge in [0, 0.05) is 70.2 Å². The van der Waals surface area contributed by atoms with Crippen molar-refractivity contribution in [3.8, 4) is 17.8 Å². The number of benzene rings is 2. The molecule has 3 aliphatic heterocycles. The molecule has 3 aromatic rings. The number of rotatable bonds is 6. The molecule has 0 amide bonds. The van der Waals surface area contributed by atoms with E-state index in [2.05, 4.69) is 34.3 Å². The fourth-order valence-electron chi connectivity index (χ4n) is 5.49. The SMILES string of the molecule is CC#N.COC(=O)C1CCOCC1.Cc1ccc(-n2nc(C3CCOCC3)cc2N)cc1.Cc1ccc(NN)cc1.Cl.N#CCC(=O)C1CCOCC1. The third-order valence-corrected chi connectivity index (χ3v) is 8.58. The van der Waals surface area contributed by atoms with Crippen LogP contribution in [0.3, 0.4) is 0 Å². The maximum absolute atomic E-state index is 11.1. The lowest BCUT2D eigenvalue weighted by Gasteiger charge is -2.19. The number of hydrazine groups is 1. The number of aryl methyl sites for hydroxylation is 2. The molecule has 0 atom stereocenters. The molecule has 13 nitrogen and oxygen atoms in total. The van der Waals surface area contributed by atoms with E-state index in [0.29, 0.717) is 38.2 Å². The molecule has 53 heavy (non-hydrogen) atoms. The Kier molecular flexibility index (Phi) is 23.8. The number of carbonyl (C=O) groups is 2. The van der Waals surface area contributed by atoms with E-state index in [-0.39, 0.29) is 42.4 Å². The number of hydrogen-bond acceptors (Lipinski definition) is 12. The summed E-state index contributed by atoms with van der Waals surface area (Å²) in [7, 11) is 1.43. The van der Waals surface area contributed by atoms with Gasteiger partial charge < -0.3 is 30.1 Å². The summed E-state index contributed by atoms with van der Waals surface area (Å²) >= 11 is 0. The number of nitriles is 2. The molecule has 3 saturated heterocycles. The topological polar surface area (TPSA) is 201 Å². The lowest BCUT2D eigenvalue weighted by molar-refractivity contribution is -0.148. The number of carbonyl (C=O) groups excluding carboxylic acids is 2. The third-order valence-electron chi connectivity index (χ3n) is 8.58. The van der Waals surface area contributed by atoms with Crippen molar-refractivity contribution in [3.05, 3.63) is 71.4 Å². The Morgan fingerprint density at radius 1 is 0.849 bits per heavy atom. The zero-order chi connectivity index (χ0) is 38.1. The number of nitrogens with two attached hydrogens (primary N) is 2. The maximum atomic E-state index is 11.1. The molecule has 0 saturated carbocycles. The van der Waals surface area contributed by atoms with Crippen LogP contribution in [0.4, 0.5) is 11.5 Å². The molecule has 0 spiro atoms. The Labute approximate surface area is 320 Å². The number of ketones is 1. The predicted octanol–water partition coefficient (Wildman–Crippen LogP) is 6.37. The largest absolute Gasteiger partial charge is 0.469 e. The van der Waals surface area contributed by atoms with Gasteiger partial charge in [-0.2, -0.15) is 15.6 Å². The fraction of sp³-hybridized carbons (Fsp3) is 0.513. The first-order valence-corrected chi connectivity index (χ1v) is 17.6. The van der Waals surface area contributed by atoms with Crippen molar-refractivity contribution in [3.63, 3.8) is 0 Å². The number of nitrogen functional groups attached to an aromatic ring is 2. The zero-order valence-corrected chi connectivity index (χ0v) is 32.2. The van der Waals surface area contributed by atoms with E-state index in [1.165, 1.54) is 25.2 Å². The molecule has 290 valence electrons. The van der Waals surface area contributed by atoms with Crippen molar-refractivity contribution in [2.24, 2.45) is 17.7 Å². The highest BCUT2D eigenvalue weighted by Gasteiger charge is 2.22. The normalized spacial score (nSPS) is 15.5. The Bertz CT molecular complexity index is 1540. The molecule has 6 rings (SSSR count). The molecule has 0 radical (unpaired) electrons. The first-order valence-electron chi connectivity index (χ1n) is 17.6. The van der Waals surface area contributed by atoms with Gasteiger partial charge in [0.2, 0.25) is 0 Å². The summed E-state index contributed by atoms with van der Waals surface area (Å²) in [5, 5.41) is 20.3. The number of hydrogen-bond donors (Lipinski definition) is 3. The summed E-state index contributed by atoms with van der Waals surface area (Å²) in [4.78, 5) is 22.0. The second kappa shape index (κ2) is 27.2. The number of methoxy groups -OCH3 is 1. The minimum atomic E-state index is -0.0942. The van der Waals surface area contributed by atoms with Crippen molar-refractivity contribution >= 4 is 35.7 Å². The van der Waals surface area contributed by atoms with Gasteiger partial charge >= 0.3 is 5.97 Å². The average Bonchev–Trinajstić information content (AvgIpc) is 3.58. The lowest BCUT2D eigenvalue weighted by Crippen LogP contribution is -2.24. The zero-order valence-electron chi connectivity index (χ0n) is 31.4. The molecule has 3 fully saturated rings. The fourth-order valence-corrected chi connectivity index (χ4v) is 5.49. The minimum Gasteiger partial charge on any atom is -0.469 e. The van der Waals surface area contributed by atoms with Gasteiger partial charge in [-0.05, 0) is 76.6 Å². The molecule has 1 aromatic heterocycles. The number of ether oxygens (including phenoxy) is 4. The Morgan fingerprint density at radius 2 is 1.30 bits per heavy atom. The third kappa shape index (κ3) is 17.7. The van der Waals surface area contributed by atoms with E-state index in [0.717, 1.165) is 68.8 Å². The van der Waals surface area contributed by atoms with Gasteiger partial charge in [-0.3, -0.25) is 15.4 Å². The smallest absolute Gasteiger partial charge is 0.308 e. The van der Waals surface area contributed by atoms with E-state index >= 15 is 0 Å². The molecular weight excluding hydrogens is 698 g/mol. The van der Waals surface area contributed by atoms with Crippen molar-refractivity contribution in [2.75, 3.05) is 57.9 Å². The molecule has 4 heterocycles. The first-order chi connectivity index (χ1) is 25.2. The molecular formula is C39H56ClN7O6. The van der Waals surface area contributed by atoms with Gasteiger partial charge in [0.1, 0.15) is 11.6 Å². The number of esters is 1. The Morgan fingerprint density at radius 3 is 1.75 bits per heavy atom. The summed E-state index contributed by atoms with van der Waals surface area (Å²) in [6, 6.07) is 21.8. The van der Waals surface area contributed by atoms with Crippen molar-refractivity contribution in [2.45, 2.75) is 71.6 Å². The Hall–Kier alpha value is -4.50. The van der Waals surface area contributed by atoms with Crippen LogP contribution in [0.2, 0.25) is 0 Å². The van der Waals surface area contributed by atoms with Gasteiger partial charge in [0.15, 0.2) is 0 Å². The quantitative estimate of drug-likeness (QED) is 0.143. The van der Waals surface area contributed by atoms with Crippen molar-refractivity contribution in [1.82, 2.24) is 9.78 Å². The summed E-state index contributed by atoms with van der Waals surface area (Å²) in [6.07, 6.45) is 5.33. The second-order valence-electron chi connectivity index (χ2n) is 12.5. The number of aromatic nitrogens is 2. The molecule has 2 aromatic carbocycles. The molecule has 3 aliphatic rings. The van der Waals surface area contributed by atoms with E-state index < -0.39 is 0 Å². The highest BCUT2D eigenvalue weighted by Crippen LogP contribution is 2.28. The molecule has 0 unspecified atom stereocenters. The summed E-state index contributed by atoms with van der Waals surface area (Å²) in [6.45, 7) is 9.91. The van der Waals surface area contributed by atoms with Crippen molar-refractivity contribution < 1.29 is 28.5 Å². The van der Waals surface area contributed by atoms with Crippen LogP contribution in [-0.4, -0.2) is 68.3 Å². The standard InChI is InChI=1S/C15H19N3O.C8H11NO2.C7H10N2.C7H12O3.C2H3N.ClH/c1-11-2-4-13(5-3-11)18-15(16)10-14(17-18)12-6-8-19-9-7-12;9-4-1-8(10)7-2-5-11-6-3-7;1-6-2-4-7(9-8)5-3-6;1-9-7(8)6-2-4-10-5-3-6;1-2-3;/h2-5,10,12H,6-9,16H2,1H3;7H,1-3,5-6H2;2-5,9H,8H2,1H3;6H,2-5H2,1H3;1H3;1H. The van der Waals surface area contributed by atoms with Crippen LogP contribution in [0, 0.1) is 48.3 Å². The van der Waals surface area contributed by atoms with Crippen LogP contribution in [0.5, 0.6) is 0 Å². The Balaban J connectivity index is 0.000000360. The maximum Gasteiger partial charge on any atom is 0.308 e. The number of Topliss-reactive ketones (excluding diaryl/α,β-unsaturated/α-hetero) is 1. The lowest BCUT2D eigenvalue weighted by atomic mass is 9.94. The predicted molar refractivity (Wildman–Crippen MR) is 207 cm³/mol. The van der Waals surface area contributed by atoms with Crippen LogP contribution >= 0.6 is 12.4 Å². The van der Waals surface area contributed by atoms with E-state index in [4.69, 9.17) is 36.3 Å². The first kappa shape index (κ1) is 46.5. The van der Waals surface area contributed by atoms with Gasteiger partial charge in [0.05, 0.1) is 43.0 Å². The van der Waals surface area contributed by atoms with Gasteiger partial charge in [-0.15, -0.1) is 12.4 Å². The summed E-state index contributed by atoms with van der Waals surface area (Å²) < 4.78 is 22.0. The van der Waals surface area contributed by atoms with E-state index in [1.54, 1.807) is 6.07 Å². The van der Waals surface area contributed by atoms with E-state index in [1.807, 2.05) is 60.1 Å². The number of halogens is 1. The molecule has 0 bridgehead atoms. The molecule has 14 heteroatoms. The molecule has 5 N–H and O–H groups in total. The van der Waals surface area contributed by atoms with Gasteiger partial charge in [-0.1, -0.05) is 35.4 Å². The van der Waals surface area contributed by atoms with Crippen LogP contribution in [0.1, 0.15) is 74.6 Å². The monoisotopic (exact) mass is 753 g/mol. The van der Waals surface area contributed by atoms with Gasteiger partial charge in [0.25, 0.3) is 0 Å². The van der Waals surface area contributed by atoms with Crippen LogP contribution < -0.4 is 17.0 Å². The van der Waals surface area contributed by atoms with Gasteiger partial charge in [-0.25, -0.2) is 4.68 Å². The highest BCUT2D eigenvalue weighted by molar-refractivity contribution is 5.85. The number of anilines is 2. The second-order valence-corrected chi connectivity index (χ2v) is 12.5. The minimum absolute atomic E-state index is 0.